The fourth-order valence-electron chi connectivity index (χ4n) is 2.98. The molecular weight excluding hydrogens is 254 g/mol. The highest BCUT2D eigenvalue weighted by atomic mass is 16.5. The summed E-state index contributed by atoms with van der Waals surface area (Å²) in [6, 6.07) is 0. The van der Waals surface area contributed by atoms with Crippen LogP contribution in [0.1, 0.15) is 64.7 Å². The van der Waals surface area contributed by atoms with Crippen molar-refractivity contribution in [2.45, 2.75) is 64.7 Å². The molecule has 1 rings (SSSR count). The largest absolute Gasteiger partial charge is 0.466 e. The van der Waals surface area contributed by atoms with Gasteiger partial charge in [0.05, 0.1) is 6.61 Å². The normalized spacial score (nSPS) is 17.9. The first kappa shape index (κ1) is 17.4. The molecule has 0 radical (unpaired) electrons. The molecule has 0 bridgehead atoms. The molecule has 0 spiro atoms. The third kappa shape index (κ3) is 6.71. The summed E-state index contributed by atoms with van der Waals surface area (Å²) in [6.45, 7) is 4.53. The van der Waals surface area contributed by atoms with Gasteiger partial charge in [0.15, 0.2) is 0 Å². The Balaban J connectivity index is 1.99. The molecule has 0 aromatic carbocycles. The van der Waals surface area contributed by atoms with Gasteiger partial charge >= 0.3 is 5.97 Å². The molecule has 20 heavy (non-hydrogen) atoms. The molecule has 0 saturated heterocycles. The van der Waals surface area contributed by atoms with E-state index in [0.29, 0.717) is 19.6 Å². The van der Waals surface area contributed by atoms with Gasteiger partial charge in [0.25, 0.3) is 0 Å². The van der Waals surface area contributed by atoms with Crippen molar-refractivity contribution < 1.29 is 14.6 Å². The average molecular weight is 285 g/mol. The van der Waals surface area contributed by atoms with Gasteiger partial charge in [-0.05, 0) is 39.2 Å². The average Bonchev–Trinajstić information content (AvgIpc) is 2.47. The Labute approximate surface area is 123 Å². The Kier molecular flexibility index (Phi) is 8.86. The number of unbranched alkanes of at least 4 members (excludes halogenated alkanes) is 2. The van der Waals surface area contributed by atoms with Crippen molar-refractivity contribution in [1.82, 2.24) is 5.32 Å². The molecule has 4 heteroatoms. The van der Waals surface area contributed by atoms with E-state index in [1.807, 2.05) is 6.92 Å². The highest BCUT2D eigenvalue weighted by molar-refractivity contribution is 5.69. The fourth-order valence-corrected chi connectivity index (χ4v) is 2.98. The van der Waals surface area contributed by atoms with Crippen molar-refractivity contribution >= 4 is 5.97 Å². The van der Waals surface area contributed by atoms with Crippen molar-refractivity contribution in [3.8, 4) is 0 Å². The Morgan fingerprint density at radius 3 is 2.60 bits per heavy atom. The van der Waals surface area contributed by atoms with Crippen LogP contribution in [0.3, 0.4) is 0 Å². The number of aliphatic hydroxyl groups is 1. The summed E-state index contributed by atoms with van der Waals surface area (Å²) in [4.78, 5) is 11.2. The molecule has 0 amide bonds. The zero-order chi connectivity index (χ0) is 14.7. The number of ether oxygens (including phenoxy) is 1. The molecule has 1 fully saturated rings. The maximum atomic E-state index is 11.2. The molecule has 0 heterocycles. The summed E-state index contributed by atoms with van der Waals surface area (Å²) in [5.74, 6) is -0.0816. The summed E-state index contributed by atoms with van der Waals surface area (Å²) < 4.78 is 4.89. The first-order valence-electron chi connectivity index (χ1n) is 8.20. The molecule has 118 valence electrons. The van der Waals surface area contributed by atoms with E-state index in [1.165, 1.54) is 19.3 Å². The maximum absolute atomic E-state index is 11.2. The minimum Gasteiger partial charge on any atom is -0.466 e. The minimum absolute atomic E-state index is 0.0816. The molecule has 1 aliphatic carbocycles. The first-order chi connectivity index (χ1) is 9.72. The predicted octanol–water partition coefficient (Wildman–Crippen LogP) is 2.64. The van der Waals surface area contributed by atoms with E-state index < -0.39 is 0 Å². The van der Waals surface area contributed by atoms with Gasteiger partial charge in [0.1, 0.15) is 0 Å². The van der Waals surface area contributed by atoms with E-state index in [9.17, 15) is 9.90 Å². The van der Waals surface area contributed by atoms with Gasteiger partial charge in [-0.2, -0.15) is 0 Å². The van der Waals surface area contributed by atoms with Crippen LogP contribution in [0.4, 0.5) is 0 Å². The van der Waals surface area contributed by atoms with Gasteiger partial charge in [-0.3, -0.25) is 4.79 Å². The molecule has 0 aromatic rings. The molecule has 1 aliphatic rings. The quantitative estimate of drug-likeness (QED) is 0.478. The van der Waals surface area contributed by atoms with Gasteiger partial charge in [-0.15, -0.1) is 0 Å². The van der Waals surface area contributed by atoms with E-state index in [2.05, 4.69) is 5.32 Å². The lowest BCUT2D eigenvalue weighted by atomic mass is 9.74. The number of rotatable bonds is 10. The SMILES string of the molecule is CCOC(=O)CCCCCNCC1(CO)CCCCC1. The summed E-state index contributed by atoms with van der Waals surface area (Å²) in [5, 5.41) is 13.1. The van der Waals surface area contributed by atoms with Crippen molar-refractivity contribution in [2.75, 3.05) is 26.3 Å². The maximum Gasteiger partial charge on any atom is 0.305 e. The third-order valence-electron chi connectivity index (χ3n) is 4.29. The Morgan fingerprint density at radius 2 is 1.95 bits per heavy atom. The van der Waals surface area contributed by atoms with Gasteiger partial charge in [0, 0.05) is 25.0 Å². The summed E-state index contributed by atoms with van der Waals surface area (Å²) in [7, 11) is 0. The Morgan fingerprint density at radius 1 is 1.20 bits per heavy atom. The molecule has 2 N–H and O–H groups in total. The number of esters is 1. The van der Waals surface area contributed by atoms with Crippen LogP contribution in [-0.2, 0) is 9.53 Å². The molecular formula is C16H31NO3. The highest BCUT2D eigenvalue weighted by Crippen LogP contribution is 2.35. The second-order valence-corrected chi connectivity index (χ2v) is 6.01. The molecule has 0 atom stereocenters. The number of aliphatic hydroxyl groups excluding tert-OH is 1. The van der Waals surface area contributed by atoms with E-state index in [0.717, 1.165) is 45.2 Å². The van der Waals surface area contributed by atoms with Crippen LogP contribution in [0.2, 0.25) is 0 Å². The van der Waals surface area contributed by atoms with Crippen molar-refractivity contribution in [2.24, 2.45) is 5.41 Å². The van der Waals surface area contributed by atoms with Crippen LogP contribution in [0, 0.1) is 5.41 Å². The Hall–Kier alpha value is -0.610. The predicted molar refractivity (Wildman–Crippen MR) is 80.6 cm³/mol. The van der Waals surface area contributed by atoms with Crippen molar-refractivity contribution in [3.05, 3.63) is 0 Å². The number of nitrogens with one attached hydrogen (secondary N) is 1. The van der Waals surface area contributed by atoms with Crippen molar-refractivity contribution in [1.29, 1.82) is 0 Å². The van der Waals surface area contributed by atoms with Gasteiger partial charge in [-0.25, -0.2) is 0 Å². The van der Waals surface area contributed by atoms with Crippen LogP contribution in [0.5, 0.6) is 0 Å². The molecule has 4 nitrogen and oxygen atoms in total. The summed E-state index contributed by atoms with van der Waals surface area (Å²) >= 11 is 0. The number of carbonyl (C=O) groups excluding carboxylic acids is 1. The zero-order valence-electron chi connectivity index (χ0n) is 13.0. The highest BCUT2D eigenvalue weighted by Gasteiger charge is 2.30. The van der Waals surface area contributed by atoms with Crippen LogP contribution in [-0.4, -0.2) is 37.4 Å². The van der Waals surface area contributed by atoms with E-state index in [-0.39, 0.29) is 11.4 Å². The topological polar surface area (TPSA) is 58.6 Å². The summed E-state index contributed by atoms with van der Waals surface area (Å²) in [5.41, 5.74) is 0.128. The molecule has 0 unspecified atom stereocenters. The lowest BCUT2D eigenvalue weighted by Crippen LogP contribution is -2.39. The standard InChI is InChI=1S/C16H31NO3/c1-2-20-15(19)9-5-3-8-12-17-13-16(14-18)10-6-4-7-11-16/h17-18H,2-14H2,1H3. The van der Waals surface area contributed by atoms with Gasteiger partial charge in [0.2, 0.25) is 0 Å². The molecule has 0 aliphatic heterocycles. The number of hydrogen-bond donors (Lipinski definition) is 2. The summed E-state index contributed by atoms with van der Waals surface area (Å²) in [6.07, 6.45) is 9.71. The second-order valence-electron chi connectivity index (χ2n) is 6.01. The third-order valence-corrected chi connectivity index (χ3v) is 4.29. The molecule has 1 saturated carbocycles. The lowest BCUT2D eigenvalue weighted by Gasteiger charge is -2.35. The van der Waals surface area contributed by atoms with Crippen molar-refractivity contribution in [3.63, 3.8) is 0 Å². The number of hydrogen-bond acceptors (Lipinski definition) is 4. The minimum atomic E-state index is -0.0816. The Bertz CT molecular complexity index is 262. The van der Waals surface area contributed by atoms with E-state index in [1.54, 1.807) is 0 Å². The molecule has 0 aromatic heterocycles. The van der Waals surface area contributed by atoms with E-state index >= 15 is 0 Å². The lowest BCUT2D eigenvalue weighted by molar-refractivity contribution is -0.143. The zero-order valence-corrected chi connectivity index (χ0v) is 13.0. The van der Waals surface area contributed by atoms with Crippen LogP contribution >= 0.6 is 0 Å². The fraction of sp³-hybridized carbons (Fsp3) is 0.938. The van der Waals surface area contributed by atoms with Crippen LogP contribution in [0.25, 0.3) is 0 Å². The van der Waals surface area contributed by atoms with Crippen LogP contribution in [0.15, 0.2) is 0 Å². The monoisotopic (exact) mass is 285 g/mol. The van der Waals surface area contributed by atoms with Crippen LogP contribution < -0.4 is 5.32 Å². The van der Waals surface area contributed by atoms with Gasteiger partial charge < -0.3 is 15.2 Å². The van der Waals surface area contributed by atoms with E-state index in [4.69, 9.17) is 4.74 Å². The van der Waals surface area contributed by atoms with Gasteiger partial charge in [-0.1, -0.05) is 25.7 Å². The first-order valence-corrected chi connectivity index (χ1v) is 8.20. The second kappa shape index (κ2) is 10.2. The smallest absolute Gasteiger partial charge is 0.305 e. The number of carbonyl (C=O) groups is 1.